The number of anilines is 1. The highest BCUT2D eigenvalue weighted by molar-refractivity contribution is 5.90. The third-order valence-electron chi connectivity index (χ3n) is 6.95. The number of ether oxygens (including phenoxy) is 3. The van der Waals surface area contributed by atoms with Gasteiger partial charge in [-0.15, -0.1) is 0 Å². The Morgan fingerprint density at radius 1 is 0.861 bits per heavy atom. The van der Waals surface area contributed by atoms with Gasteiger partial charge >= 0.3 is 6.03 Å². The Hall–Kier alpha value is -3.46. The molecule has 0 saturated carbocycles. The zero-order valence-corrected chi connectivity index (χ0v) is 21.4. The average Bonchev–Trinajstić information content (AvgIpc) is 2.93. The fraction of sp³-hybridized carbons (Fsp3) is 0.481. The lowest BCUT2D eigenvalue weighted by atomic mass is 9.96. The molecule has 9 heteroatoms. The molecule has 1 N–H and O–H groups in total. The summed E-state index contributed by atoms with van der Waals surface area (Å²) in [4.78, 5) is 32.0. The minimum atomic E-state index is -0.155. The molecule has 2 fully saturated rings. The van der Waals surface area contributed by atoms with E-state index in [1.54, 1.807) is 26.2 Å². The van der Waals surface area contributed by atoms with Crippen LogP contribution in [0.3, 0.4) is 0 Å². The number of benzene rings is 2. The maximum absolute atomic E-state index is 13.3. The van der Waals surface area contributed by atoms with Crippen LogP contribution >= 0.6 is 0 Å². The molecule has 0 spiro atoms. The Kier molecular flexibility index (Phi) is 8.53. The van der Waals surface area contributed by atoms with Crippen LogP contribution in [0.4, 0.5) is 10.5 Å². The van der Waals surface area contributed by atoms with Crippen LogP contribution in [0.15, 0.2) is 42.5 Å². The maximum Gasteiger partial charge on any atom is 0.321 e. The highest BCUT2D eigenvalue weighted by atomic mass is 16.5. The summed E-state index contributed by atoms with van der Waals surface area (Å²) in [5.74, 6) is 1.89. The van der Waals surface area contributed by atoms with Gasteiger partial charge in [-0.1, -0.05) is 24.3 Å². The Morgan fingerprint density at radius 3 is 2.25 bits per heavy atom. The van der Waals surface area contributed by atoms with Gasteiger partial charge in [0.2, 0.25) is 11.7 Å². The summed E-state index contributed by atoms with van der Waals surface area (Å²) in [5.41, 5.74) is 1.78. The second-order valence-corrected chi connectivity index (χ2v) is 9.18. The van der Waals surface area contributed by atoms with E-state index in [0.29, 0.717) is 50.0 Å². The monoisotopic (exact) mass is 496 g/mol. The van der Waals surface area contributed by atoms with E-state index in [1.165, 1.54) is 0 Å². The van der Waals surface area contributed by atoms with Gasteiger partial charge in [-0.2, -0.15) is 0 Å². The van der Waals surface area contributed by atoms with Crippen molar-refractivity contribution in [3.63, 3.8) is 0 Å². The van der Waals surface area contributed by atoms with Crippen molar-refractivity contribution in [2.24, 2.45) is 5.92 Å². The van der Waals surface area contributed by atoms with E-state index >= 15 is 0 Å². The summed E-state index contributed by atoms with van der Waals surface area (Å²) in [5, 5.41) is 2.93. The molecular weight excluding hydrogens is 460 g/mol. The molecule has 0 aliphatic carbocycles. The number of hydrogen-bond donors (Lipinski definition) is 1. The van der Waals surface area contributed by atoms with Gasteiger partial charge in [0.25, 0.3) is 0 Å². The van der Waals surface area contributed by atoms with Crippen molar-refractivity contribution >= 4 is 17.6 Å². The topological polar surface area (TPSA) is 83.6 Å². The van der Waals surface area contributed by atoms with Gasteiger partial charge in [0.05, 0.1) is 27.2 Å². The smallest absolute Gasteiger partial charge is 0.321 e. The first-order valence-corrected chi connectivity index (χ1v) is 12.4. The first kappa shape index (κ1) is 25.6. The predicted molar refractivity (Wildman–Crippen MR) is 138 cm³/mol. The molecule has 3 amide bonds. The maximum atomic E-state index is 13.3. The number of piperazine rings is 1. The van der Waals surface area contributed by atoms with Crippen LogP contribution in [0.25, 0.3) is 0 Å². The van der Waals surface area contributed by atoms with E-state index in [1.807, 2.05) is 47.4 Å². The molecular formula is C27H36N4O5. The zero-order valence-electron chi connectivity index (χ0n) is 21.4. The van der Waals surface area contributed by atoms with E-state index in [9.17, 15) is 9.59 Å². The fourth-order valence-corrected chi connectivity index (χ4v) is 5.00. The van der Waals surface area contributed by atoms with Gasteiger partial charge < -0.3 is 29.3 Å². The highest BCUT2D eigenvalue weighted by Gasteiger charge is 2.33. The summed E-state index contributed by atoms with van der Waals surface area (Å²) in [7, 11) is 4.84. The summed E-state index contributed by atoms with van der Waals surface area (Å²) < 4.78 is 16.5. The minimum Gasteiger partial charge on any atom is -0.493 e. The second-order valence-electron chi connectivity index (χ2n) is 9.18. The first-order valence-electron chi connectivity index (χ1n) is 12.4. The molecule has 36 heavy (non-hydrogen) atoms. The molecule has 2 aliphatic rings. The molecule has 1 unspecified atom stereocenters. The molecule has 2 aromatic rings. The van der Waals surface area contributed by atoms with Crippen molar-refractivity contribution in [1.82, 2.24) is 14.7 Å². The van der Waals surface area contributed by atoms with E-state index in [-0.39, 0.29) is 17.9 Å². The van der Waals surface area contributed by atoms with Crippen LogP contribution in [0, 0.1) is 5.92 Å². The summed E-state index contributed by atoms with van der Waals surface area (Å²) in [6, 6.07) is 13.2. The second kappa shape index (κ2) is 12.0. The van der Waals surface area contributed by atoms with E-state index in [2.05, 4.69) is 10.2 Å². The SMILES string of the molecule is COc1ccc(CN2CCN(C(=O)C3CCCN(C(=O)Nc4ccccc4)C3)CC2)c(OC)c1OC. The van der Waals surface area contributed by atoms with E-state index < -0.39 is 0 Å². The number of nitrogens with one attached hydrogen (secondary N) is 1. The molecule has 2 saturated heterocycles. The molecule has 2 heterocycles. The number of carbonyl (C=O) groups is 2. The Balaban J connectivity index is 1.31. The number of piperidine rings is 1. The largest absolute Gasteiger partial charge is 0.493 e. The third kappa shape index (κ3) is 5.84. The van der Waals surface area contributed by atoms with Gasteiger partial charge in [-0.25, -0.2) is 4.79 Å². The van der Waals surface area contributed by atoms with E-state index in [0.717, 1.165) is 37.2 Å². The molecule has 1 atom stereocenters. The quantitative estimate of drug-likeness (QED) is 0.633. The van der Waals surface area contributed by atoms with Gasteiger partial charge in [0.15, 0.2) is 11.5 Å². The standard InChI is InChI=1S/C27H36N4O5/c1-34-23-12-11-20(24(35-2)25(23)36-3)18-29-14-16-30(17-15-29)26(32)21-8-7-13-31(19-21)27(33)28-22-9-5-4-6-10-22/h4-6,9-12,21H,7-8,13-19H2,1-3H3,(H,28,33). The lowest BCUT2D eigenvalue weighted by molar-refractivity contribution is -0.138. The van der Waals surface area contributed by atoms with Gasteiger partial charge in [0.1, 0.15) is 0 Å². The van der Waals surface area contributed by atoms with Gasteiger partial charge in [-0.3, -0.25) is 9.69 Å². The molecule has 9 nitrogen and oxygen atoms in total. The molecule has 4 rings (SSSR count). The Morgan fingerprint density at radius 2 is 1.58 bits per heavy atom. The number of amides is 3. The van der Waals surface area contributed by atoms with Crippen molar-refractivity contribution < 1.29 is 23.8 Å². The fourth-order valence-electron chi connectivity index (χ4n) is 5.00. The molecule has 0 radical (unpaired) electrons. The number of carbonyl (C=O) groups excluding carboxylic acids is 2. The highest BCUT2D eigenvalue weighted by Crippen LogP contribution is 2.40. The molecule has 2 aliphatic heterocycles. The van der Waals surface area contributed by atoms with Crippen LogP contribution in [0.2, 0.25) is 0 Å². The normalized spacial score (nSPS) is 18.5. The number of para-hydroxylation sites is 1. The molecule has 0 bridgehead atoms. The summed E-state index contributed by atoms with van der Waals surface area (Å²) in [6.07, 6.45) is 1.65. The van der Waals surface area contributed by atoms with Crippen LogP contribution < -0.4 is 19.5 Å². The van der Waals surface area contributed by atoms with Crippen molar-refractivity contribution in [2.45, 2.75) is 19.4 Å². The van der Waals surface area contributed by atoms with Crippen LogP contribution in [-0.4, -0.2) is 87.2 Å². The predicted octanol–water partition coefficient (Wildman–Crippen LogP) is 3.30. The number of rotatable bonds is 7. The summed E-state index contributed by atoms with van der Waals surface area (Å²) in [6.45, 7) is 4.71. The van der Waals surface area contributed by atoms with Crippen molar-refractivity contribution in [2.75, 3.05) is 65.9 Å². The zero-order chi connectivity index (χ0) is 25.5. The van der Waals surface area contributed by atoms with Crippen molar-refractivity contribution in [3.05, 3.63) is 48.0 Å². The number of nitrogens with zero attached hydrogens (tertiary/aromatic N) is 3. The Labute approximate surface area is 212 Å². The Bertz CT molecular complexity index is 1040. The van der Waals surface area contributed by atoms with Crippen LogP contribution in [0.1, 0.15) is 18.4 Å². The third-order valence-corrected chi connectivity index (χ3v) is 6.95. The minimum absolute atomic E-state index is 0.146. The van der Waals surface area contributed by atoms with Crippen LogP contribution in [-0.2, 0) is 11.3 Å². The van der Waals surface area contributed by atoms with Gasteiger partial charge in [-0.05, 0) is 31.0 Å². The molecule has 0 aromatic heterocycles. The number of urea groups is 1. The molecule has 2 aromatic carbocycles. The summed E-state index contributed by atoms with van der Waals surface area (Å²) >= 11 is 0. The van der Waals surface area contributed by atoms with E-state index in [4.69, 9.17) is 14.2 Å². The lowest BCUT2D eigenvalue weighted by Gasteiger charge is -2.39. The average molecular weight is 497 g/mol. The van der Waals surface area contributed by atoms with Crippen molar-refractivity contribution in [3.8, 4) is 17.2 Å². The van der Waals surface area contributed by atoms with Gasteiger partial charge in [0, 0.05) is 57.1 Å². The van der Waals surface area contributed by atoms with Crippen molar-refractivity contribution in [1.29, 1.82) is 0 Å². The number of methoxy groups -OCH3 is 3. The molecule has 194 valence electrons. The number of likely N-dealkylation sites (tertiary alicyclic amines) is 1. The first-order chi connectivity index (χ1) is 17.5. The van der Waals surface area contributed by atoms with Crippen LogP contribution in [0.5, 0.6) is 17.2 Å². The lowest BCUT2D eigenvalue weighted by Crippen LogP contribution is -2.53. The number of hydrogen-bond acceptors (Lipinski definition) is 6.